The lowest BCUT2D eigenvalue weighted by Crippen LogP contribution is -2.45. The molecule has 29 heavy (non-hydrogen) atoms. The Morgan fingerprint density at radius 1 is 1.21 bits per heavy atom. The van der Waals surface area contributed by atoms with Crippen molar-refractivity contribution in [1.29, 1.82) is 0 Å². The third-order valence-corrected chi connectivity index (χ3v) is 4.83. The number of aromatic hydroxyl groups is 1. The minimum absolute atomic E-state index is 0.0665. The highest BCUT2D eigenvalue weighted by Gasteiger charge is 2.26. The summed E-state index contributed by atoms with van der Waals surface area (Å²) in [7, 11) is 0. The van der Waals surface area contributed by atoms with Gasteiger partial charge >= 0.3 is 0 Å². The van der Waals surface area contributed by atoms with E-state index in [1.807, 2.05) is 6.07 Å². The van der Waals surface area contributed by atoms with Crippen LogP contribution < -0.4 is 10.2 Å². The van der Waals surface area contributed by atoms with Crippen LogP contribution >= 0.6 is 0 Å². The first-order valence-corrected chi connectivity index (χ1v) is 9.61. The van der Waals surface area contributed by atoms with E-state index >= 15 is 0 Å². The fourth-order valence-electron chi connectivity index (χ4n) is 3.60. The smallest absolute Gasteiger partial charge is 0.151 e. The van der Waals surface area contributed by atoms with Crippen LogP contribution in [0.5, 0.6) is 5.75 Å². The van der Waals surface area contributed by atoms with Crippen molar-refractivity contribution in [3.8, 4) is 28.3 Å². The predicted octanol–water partition coefficient (Wildman–Crippen LogP) is 2.61. The van der Waals surface area contributed by atoms with Crippen LogP contribution in [0.1, 0.15) is 31.3 Å². The summed E-state index contributed by atoms with van der Waals surface area (Å²) >= 11 is 0. The van der Waals surface area contributed by atoms with E-state index in [0.717, 1.165) is 30.0 Å². The number of rotatable bonds is 4. The molecule has 0 saturated carbocycles. The van der Waals surface area contributed by atoms with E-state index in [-0.39, 0.29) is 11.3 Å². The van der Waals surface area contributed by atoms with E-state index in [0.29, 0.717) is 28.6 Å². The van der Waals surface area contributed by atoms with Gasteiger partial charge in [0, 0.05) is 59.3 Å². The Morgan fingerprint density at radius 2 is 2.07 bits per heavy atom. The third-order valence-electron chi connectivity index (χ3n) is 4.83. The van der Waals surface area contributed by atoms with Crippen molar-refractivity contribution < 1.29 is 9.22 Å². The number of nitrogens with zero attached hydrogens (tertiary/aromatic N) is 6. The Balaban J connectivity index is 1.48. The maximum Gasteiger partial charge on any atom is 0.151 e. The van der Waals surface area contributed by atoms with Gasteiger partial charge in [0.25, 0.3) is 0 Å². The highest BCUT2D eigenvalue weighted by molar-refractivity contribution is 5.70. The second-order valence-electron chi connectivity index (χ2n) is 8.37. The summed E-state index contributed by atoms with van der Waals surface area (Å²) in [6.45, 7) is 5.90. The molecule has 3 aromatic heterocycles. The summed E-state index contributed by atoms with van der Waals surface area (Å²) in [4.78, 5) is 6.52. The molecule has 3 aromatic rings. The maximum atomic E-state index is 10.5. The molecule has 152 valence electrons. The fourth-order valence-corrected chi connectivity index (χ4v) is 3.60. The van der Waals surface area contributed by atoms with E-state index in [2.05, 4.69) is 51.3 Å². The van der Waals surface area contributed by atoms with Gasteiger partial charge in [0.1, 0.15) is 17.1 Å². The summed E-state index contributed by atoms with van der Waals surface area (Å²) in [5.74, 6) is 0.724. The zero-order valence-corrected chi connectivity index (χ0v) is 16.8. The van der Waals surface area contributed by atoms with Crippen molar-refractivity contribution in [2.75, 3.05) is 18.0 Å². The number of aryl methyl sites for hydroxylation is 1. The lowest BCUT2D eigenvalue weighted by atomic mass is 10.1. The lowest BCUT2D eigenvalue weighted by molar-refractivity contribution is 0.373. The van der Waals surface area contributed by atoms with Gasteiger partial charge in [-0.2, -0.15) is 5.10 Å². The van der Waals surface area contributed by atoms with Crippen LogP contribution in [0, 0.1) is 0 Å². The second-order valence-corrected chi connectivity index (χ2v) is 8.37. The quantitative estimate of drug-likeness (QED) is 0.700. The molecule has 4 heterocycles. The second kappa shape index (κ2) is 7.44. The molecule has 8 nitrogen and oxygen atoms in total. The first-order chi connectivity index (χ1) is 15.0. The maximum absolute atomic E-state index is 10.5. The summed E-state index contributed by atoms with van der Waals surface area (Å²) in [5.41, 5.74) is 1.94. The summed E-state index contributed by atoms with van der Waals surface area (Å²) in [6.07, 6.45) is 5.42. The van der Waals surface area contributed by atoms with E-state index < -0.39 is 6.98 Å². The molecule has 2 N–H and O–H groups in total. The van der Waals surface area contributed by atoms with Crippen LogP contribution in [0.25, 0.3) is 22.5 Å². The lowest BCUT2D eigenvalue weighted by Gasteiger charge is -2.26. The van der Waals surface area contributed by atoms with Gasteiger partial charge in [-0.15, -0.1) is 10.2 Å². The molecular formula is C21H27N7O. The van der Waals surface area contributed by atoms with Gasteiger partial charge in [0.05, 0.1) is 6.20 Å². The molecule has 0 radical (unpaired) electrons. The molecule has 4 rings (SSSR count). The molecule has 1 unspecified atom stereocenters. The van der Waals surface area contributed by atoms with E-state index in [4.69, 9.17) is 4.11 Å². The first-order valence-electron chi connectivity index (χ1n) is 11.1. The third kappa shape index (κ3) is 4.37. The van der Waals surface area contributed by atoms with Crippen molar-refractivity contribution in [3.05, 3.63) is 36.8 Å². The Morgan fingerprint density at radius 3 is 2.72 bits per heavy atom. The summed E-state index contributed by atoms with van der Waals surface area (Å²) in [5, 5.41) is 26.6. The van der Waals surface area contributed by atoms with Crippen LogP contribution in [0.3, 0.4) is 0 Å². The van der Waals surface area contributed by atoms with E-state index in [1.165, 1.54) is 18.5 Å². The molecular weight excluding hydrogens is 366 g/mol. The van der Waals surface area contributed by atoms with Gasteiger partial charge in [-0.25, -0.2) is 4.98 Å². The molecule has 0 bridgehead atoms. The first kappa shape index (κ1) is 15.9. The molecule has 0 amide bonds. The summed E-state index contributed by atoms with van der Waals surface area (Å²) < 4.78 is 23.1. The van der Waals surface area contributed by atoms with Crippen LogP contribution in [-0.4, -0.2) is 54.7 Å². The molecule has 1 aliphatic rings. The van der Waals surface area contributed by atoms with Crippen LogP contribution in [0.15, 0.2) is 36.8 Å². The number of pyridine rings is 1. The van der Waals surface area contributed by atoms with Crippen molar-refractivity contribution in [3.63, 3.8) is 0 Å². The Hall–Kier alpha value is -3.00. The van der Waals surface area contributed by atoms with Crippen LogP contribution in [0.4, 0.5) is 5.82 Å². The van der Waals surface area contributed by atoms with Gasteiger partial charge in [-0.3, -0.25) is 4.68 Å². The molecule has 0 aromatic carbocycles. The average Bonchev–Trinajstić information content (AvgIpc) is 3.36. The van der Waals surface area contributed by atoms with Gasteiger partial charge in [0.2, 0.25) is 0 Å². The highest BCUT2D eigenvalue weighted by Crippen LogP contribution is 2.30. The number of hydrogen-bond donors (Lipinski definition) is 2. The SMILES string of the molecule is [2H]C([2H])([2H])n1cc(-c2cnc(-c3ccc(N4CCC(NC(C)(C)C)C4)nn3)c(O)c2)cn1. The van der Waals surface area contributed by atoms with Crippen LogP contribution in [-0.2, 0) is 6.98 Å². The Bertz CT molecular complexity index is 1090. The largest absolute Gasteiger partial charge is 0.506 e. The monoisotopic (exact) mass is 396 g/mol. The molecule has 1 aliphatic heterocycles. The van der Waals surface area contributed by atoms with E-state index in [9.17, 15) is 5.11 Å². The topological polar surface area (TPSA) is 92.0 Å². The zero-order chi connectivity index (χ0) is 23.1. The van der Waals surface area contributed by atoms with Gasteiger partial charge in [0.15, 0.2) is 5.82 Å². The van der Waals surface area contributed by atoms with Crippen molar-refractivity contribution in [2.45, 2.75) is 38.8 Å². The fraction of sp³-hybridized carbons (Fsp3) is 0.429. The minimum atomic E-state index is -2.36. The predicted molar refractivity (Wildman–Crippen MR) is 113 cm³/mol. The highest BCUT2D eigenvalue weighted by atomic mass is 16.3. The normalized spacial score (nSPS) is 19.1. The number of aromatic nitrogens is 5. The summed E-state index contributed by atoms with van der Waals surface area (Å²) in [6, 6.07) is 5.60. The Labute approximate surface area is 174 Å². The standard InChI is InChI=1S/C21H27N7O/c1-21(2,3)24-16-7-8-28(13-16)19-6-5-17(25-26-19)20-18(29)9-14(10-22-20)15-11-23-27(4)12-15/h5-6,9-12,16,24,29H,7-8,13H2,1-4H3/i4D3. The molecule has 0 spiro atoms. The molecule has 1 fully saturated rings. The van der Waals surface area contributed by atoms with Gasteiger partial charge in [-0.1, -0.05) is 0 Å². The number of anilines is 1. The molecule has 1 saturated heterocycles. The molecule has 1 atom stereocenters. The Kier molecular flexibility index (Phi) is 4.07. The van der Waals surface area contributed by atoms with Crippen molar-refractivity contribution in [1.82, 2.24) is 30.3 Å². The number of hydrogen-bond acceptors (Lipinski definition) is 7. The van der Waals surface area contributed by atoms with Crippen molar-refractivity contribution in [2.24, 2.45) is 6.98 Å². The minimum Gasteiger partial charge on any atom is -0.506 e. The van der Waals surface area contributed by atoms with Crippen molar-refractivity contribution >= 4 is 5.82 Å². The molecule has 0 aliphatic carbocycles. The van der Waals surface area contributed by atoms with Gasteiger partial charge < -0.3 is 15.3 Å². The van der Waals surface area contributed by atoms with Crippen LogP contribution in [0.2, 0.25) is 0 Å². The van der Waals surface area contributed by atoms with E-state index in [1.54, 1.807) is 12.3 Å². The number of nitrogens with one attached hydrogen (secondary N) is 1. The molecule has 8 heteroatoms. The van der Waals surface area contributed by atoms with Gasteiger partial charge in [-0.05, 0) is 45.4 Å². The average molecular weight is 397 g/mol. The zero-order valence-electron chi connectivity index (χ0n) is 19.8.